The Hall–Kier alpha value is -2.27. The minimum absolute atomic E-state index is 0.182. The van der Waals surface area contributed by atoms with E-state index in [1.165, 1.54) is 66.4 Å². The summed E-state index contributed by atoms with van der Waals surface area (Å²) in [5.41, 5.74) is 14.8. The number of nitrogens with two attached hydrogens (primary N) is 1. The van der Waals surface area contributed by atoms with Gasteiger partial charge in [0.1, 0.15) is 0 Å². The molecule has 3 aliphatic carbocycles. The van der Waals surface area contributed by atoms with Gasteiger partial charge in [-0.2, -0.15) is 5.26 Å². The van der Waals surface area contributed by atoms with Crippen molar-refractivity contribution < 1.29 is 0 Å². The van der Waals surface area contributed by atoms with Gasteiger partial charge in [0.2, 0.25) is 0 Å². The minimum atomic E-state index is -0.389. The topological polar surface area (TPSA) is 49.8 Å². The van der Waals surface area contributed by atoms with Crippen molar-refractivity contribution in [2.75, 3.05) is 0 Å². The highest BCUT2D eigenvalue weighted by Crippen LogP contribution is 2.45. The number of nitriles is 1. The van der Waals surface area contributed by atoms with Crippen LogP contribution in [-0.4, -0.2) is 0 Å². The maximum Gasteiger partial charge on any atom is 0.0978 e. The van der Waals surface area contributed by atoms with Gasteiger partial charge in [-0.15, -0.1) is 0 Å². The first-order valence-electron chi connectivity index (χ1n) is 12.3. The zero-order valence-electron chi connectivity index (χ0n) is 21.4. The van der Waals surface area contributed by atoms with Gasteiger partial charge in [-0.3, -0.25) is 0 Å². The van der Waals surface area contributed by atoms with Crippen LogP contribution in [0, 0.1) is 27.6 Å². The van der Waals surface area contributed by atoms with Gasteiger partial charge in [0.05, 0.1) is 11.6 Å². The van der Waals surface area contributed by atoms with E-state index < -0.39 is 0 Å². The average molecular weight is 431 g/mol. The lowest BCUT2D eigenvalue weighted by molar-refractivity contribution is 0.375. The Kier molecular flexibility index (Phi) is 6.80. The van der Waals surface area contributed by atoms with Crippen LogP contribution in [0.15, 0.2) is 69.5 Å². The third-order valence-electron chi connectivity index (χ3n) is 8.05. The molecule has 0 aromatic rings. The van der Waals surface area contributed by atoms with E-state index >= 15 is 0 Å². The second kappa shape index (κ2) is 8.93. The molecule has 172 valence electrons. The lowest BCUT2D eigenvalue weighted by Crippen LogP contribution is -2.25. The predicted molar refractivity (Wildman–Crippen MR) is 137 cm³/mol. The average Bonchev–Trinajstić information content (AvgIpc) is 2.66. The number of allylic oxidation sites excluding steroid dienone is 11. The Morgan fingerprint density at radius 2 is 1.41 bits per heavy atom. The molecule has 2 heteroatoms. The van der Waals surface area contributed by atoms with Crippen LogP contribution in [0.3, 0.4) is 0 Å². The van der Waals surface area contributed by atoms with Gasteiger partial charge in [0.15, 0.2) is 0 Å². The molecule has 0 fully saturated rings. The van der Waals surface area contributed by atoms with Crippen molar-refractivity contribution in [1.82, 2.24) is 0 Å². The fourth-order valence-electron chi connectivity index (χ4n) is 6.08. The SMILES string of the molecule is CC1=C(/C=C/C2=CC(N)=C(C#N)C(C)(/C=C/C3=C(C)CCCC3(C)C)C2)C(C)(C)CCC1. The van der Waals surface area contributed by atoms with Crippen LogP contribution >= 0.6 is 0 Å². The van der Waals surface area contributed by atoms with Crippen molar-refractivity contribution in [3.05, 3.63) is 69.5 Å². The predicted octanol–water partition coefficient (Wildman–Crippen LogP) is 8.22. The molecule has 0 saturated carbocycles. The monoisotopic (exact) mass is 430 g/mol. The zero-order valence-corrected chi connectivity index (χ0v) is 21.4. The summed E-state index contributed by atoms with van der Waals surface area (Å²) in [6.45, 7) is 16.1. The zero-order chi connectivity index (χ0) is 23.7. The number of rotatable bonds is 4. The van der Waals surface area contributed by atoms with Crippen molar-refractivity contribution in [3.8, 4) is 6.07 Å². The maximum absolute atomic E-state index is 9.92. The third kappa shape index (κ3) is 4.88. The van der Waals surface area contributed by atoms with Crippen LogP contribution in [-0.2, 0) is 0 Å². The van der Waals surface area contributed by atoms with Crippen LogP contribution in [0.25, 0.3) is 0 Å². The van der Waals surface area contributed by atoms with Crippen LogP contribution in [0.1, 0.15) is 93.4 Å². The summed E-state index contributed by atoms with van der Waals surface area (Å²) >= 11 is 0. The van der Waals surface area contributed by atoms with Crippen LogP contribution < -0.4 is 5.73 Å². The van der Waals surface area contributed by atoms with Gasteiger partial charge in [-0.1, -0.05) is 70.1 Å². The summed E-state index contributed by atoms with van der Waals surface area (Å²) in [7, 11) is 0. The third-order valence-corrected chi connectivity index (χ3v) is 8.05. The number of hydrogen-bond donors (Lipinski definition) is 1. The molecule has 0 saturated heterocycles. The second-order valence-corrected chi connectivity index (χ2v) is 11.8. The smallest absolute Gasteiger partial charge is 0.0978 e. The summed E-state index contributed by atoms with van der Waals surface area (Å²) in [6, 6.07) is 2.42. The highest BCUT2D eigenvalue weighted by molar-refractivity contribution is 5.51. The second-order valence-electron chi connectivity index (χ2n) is 11.8. The Morgan fingerprint density at radius 3 is 1.91 bits per heavy atom. The summed E-state index contributed by atoms with van der Waals surface area (Å²) < 4.78 is 0. The molecule has 0 aromatic carbocycles. The van der Waals surface area contributed by atoms with E-state index in [1.807, 2.05) is 6.08 Å². The molecule has 0 amide bonds. The normalized spacial score (nSPS) is 28.5. The standard InChI is InChI=1S/C30H42N2/c1-21-10-8-15-28(3,4)24(21)13-12-23-18-27(32)26(20-31)30(7,19-23)17-14-25-22(2)11-9-16-29(25,5)6/h12-14,17-18H,8-11,15-16,19,32H2,1-7H3/b13-12+,17-14+. The van der Waals surface area contributed by atoms with Gasteiger partial charge in [0.25, 0.3) is 0 Å². The summed E-state index contributed by atoms with van der Waals surface area (Å²) in [5.74, 6) is 0. The van der Waals surface area contributed by atoms with E-state index in [1.54, 1.807) is 0 Å². The Bertz CT molecular complexity index is 998. The fourth-order valence-corrected chi connectivity index (χ4v) is 6.08. The van der Waals surface area contributed by atoms with Crippen molar-refractivity contribution >= 4 is 0 Å². The molecule has 1 atom stereocenters. The van der Waals surface area contributed by atoms with Crippen molar-refractivity contribution in [2.24, 2.45) is 22.0 Å². The summed E-state index contributed by atoms with van der Waals surface area (Å²) in [5, 5.41) is 9.92. The molecule has 0 heterocycles. The molecular formula is C30H42N2. The summed E-state index contributed by atoms with van der Waals surface area (Å²) in [4.78, 5) is 0. The van der Waals surface area contributed by atoms with Crippen molar-refractivity contribution in [1.29, 1.82) is 5.26 Å². The molecule has 2 N–H and O–H groups in total. The first-order valence-corrected chi connectivity index (χ1v) is 12.3. The van der Waals surface area contributed by atoms with Gasteiger partial charge in [-0.25, -0.2) is 0 Å². The molecule has 1 unspecified atom stereocenters. The fraction of sp³-hybridized carbons (Fsp3) is 0.567. The van der Waals surface area contributed by atoms with Crippen molar-refractivity contribution in [2.45, 2.75) is 93.4 Å². The first-order chi connectivity index (χ1) is 14.9. The maximum atomic E-state index is 9.92. The quantitative estimate of drug-likeness (QED) is 0.488. The lowest BCUT2D eigenvalue weighted by atomic mass is 9.69. The van der Waals surface area contributed by atoms with E-state index in [0.717, 1.165) is 6.42 Å². The van der Waals surface area contributed by atoms with Crippen LogP contribution in [0.2, 0.25) is 0 Å². The van der Waals surface area contributed by atoms with Gasteiger partial charge in [-0.05, 0) is 92.4 Å². The van der Waals surface area contributed by atoms with E-state index in [9.17, 15) is 5.26 Å². The van der Waals surface area contributed by atoms with Gasteiger partial charge >= 0.3 is 0 Å². The van der Waals surface area contributed by atoms with Gasteiger partial charge < -0.3 is 5.73 Å². The highest BCUT2D eigenvalue weighted by atomic mass is 14.6. The van der Waals surface area contributed by atoms with Crippen LogP contribution in [0.4, 0.5) is 0 Å². The molecular weight excluding hydrogens is 388 g/mol. The molecule has 3 aliphatic rings. The lowest BCUT2D eigenvalue weighted by Gasteiger charge is -2.35. The largest absolute Gasteiger partial charge is 0.398 e. The first kappa shape index (κ1) is 24.4. The van der Waals surface area contributed by atoms with Crippen LogP contribution in [0.5, 0.6) is 0 Å². The number of nitrogens with zero attached hydrogens (tertiary/aromatic N) is 1. The molecule has 2 nitrogen and oxygen atoms in total. The van der Waals surface area contributed by atoms with Gasteiger partial charge in [0, 0.05) is 11.1 Å². The molecule has 3 rings (SSSR count). The molecule has 0 aliphatic heterocycles. The van der Waals surface area contributed by atoms with E-state index in [0.29, 0.717) is 11.3 Å². The number of hydrogen-bond acceptors (Lipinski definition) is 2. The van der Waals surface area contributed by atoms with E-state index in [-0.39, 0.29) is 16.2 Å². The minimum Gasteiger partial charge on any atom is -0.398 e. The Labute approximate surface area is 196 Å². The summed E-state index contributed by atoms with van der Waals surface area (Å²) in [6.07, 6.45) is 19.2. The van der Waals surface area contributed by atoms with Crippen molar-refractivity contribution in [3.63, 3.8) is 0 Å². The molecule has 0 radical (unpaired) electrons. The molecule has 0 aromatic heterocycles. The van der Waals surface area contributed by atoms with E-state index in [4.69, 9.17) is 5.73 Å². The Balaban J connectivity index is 1.94. The molecule has 0 spiro atoms. The Morgan fingerprint density at radius 1 is 0.875 bits per heavy atom. The highest BCUT2D eigenvalue weighted by Gasteiger charge is 2.34. The molecule has 0 bridgehead atoms. The molecule has 32 heavy (non-hydrogen) atoms. The van der Waals surface area contributed by atoms with E-state index in [2.05, 4.69) is 78.8 Å².